The molecule has 0 aliphatic heterocycles. The van der Waals surface area contributed by atoms with Gasteiger partial charge < -0.3 is 28.5 Å². The average molecular weight is 358 g/mol. The molecule has 0 aliphatic carbocycles. The predicted molar refractivity (Wildman–Crippen MR) is 95.8 cm³/mol. The highest BCUT2D eigenvalue weighted by atomic mass is 16.5. The van der Waals surface area contributed by atoms with Crippen molar-refractivity contribution in [3.05, 3.63) is 40.6 Å². The van der Waals surface area contributed by atoms with Gasteiger partial charge in [-0.2, -0.15) is 0 Å². The third-order valence-electron chi connectivity index (χ3n) is 4.01. The van der Waals surface area contributed by atoms with Crippen LogP contribution < -0.4 is 24.4 Å². The Balaban J connectivity index is 2.53. The summed E-state index contributed by atoms with van der Waals surface area (Å²) in [7, 11) is 5.70. The van der Waals surface area contributed by atoms with E-state index in [0.717, 1.165) is 0 Å². The lowest BCUT2D eigenvalue weighted by atomic mass is 10.1. The molecular formula is C19H18O7. The number of aromatic hydroxyl groups is 1. The van der Waals surface area contributed by atoms with Crippen molar-refractivity contribution in [2.45, 2.75) is 0 Å². The van der Waals surface area contributed by atoms with Crippen LogP contribution in [0.2, 0.25) is 0 Å². The van der Waals surface area contributed by atoms with E-state index in [1.807, 2.05) is 0 Å². The normalized spacial score (nSPS) is 10.6. The van der Waals surface area contributed by atoms with E-state index in [4.69, 9.17) is 23.4 Å². The van der Waals surface area contributed by atoms with Gasteiger partial charge in [-0.15, -0.1) is 0 Å². The number of ether oxygens (including phenoxy) is 4. The van der Waals surface area contributed by atoms with Gasteiger partial charge in [0.05, 0.1) is 34.0 Å². The Labute approximate surface area is 149 Å². The SMILES string of the molecule is COc1cc(OC)c2c(=O)c(OC)c(-c3ccccc3O)oc2c1OC. The molecule has 0 unspecified atom stereocenters. The van der Waals surface area contributed by atoms with Crippen molar-refractivity contribution in [2.24, 2.45) is 0 Å². The zero-order chi connectivity index (χ0) is 18.8. The Hall–Kier alpha value is -3.35. The number of hydrogen-bond acceptors (Lipinski definition) is 7. The van der Waals surface area contributed by atoms with Crippen molar-refractivity contribution in [3.63, 3.8) is 0 Å². The first-order chi connectivity index (χ1) is 12.6. The molecule has 7 heteroatoms. The molecule has 2 aromatic carbocycles. The van der Waals surface area contributed by atoms with Gasteiger partial charge in [0.25, 0.3) is 0 Å². The number of phenolic OH excluding ortho intramolecular Hbond substituents is 1. The first-order valence-electron chi connectivity index (χ1n) is 7.69. The summed E-state index contributed by atoms with van der Waals surface area (Å²) in [6, 6.07) is 8.02. The molecule has 3 rings (SSSR count). The largest absolute Gasteiger partial charge is 0.507 e. The van der Waals surface area contributed by atoms with Crippen LogP contribution in [0.15, 0.2) is 39.5 Å². The summed E-state index contributed by atoms with van der Waals surface area (Å²) in [5, 5.41) is 10.3. The second-order valence-corrected chi connectivity index (χ2v) is 5.33. The third-order valence-corrected chi connectivity index (χ3v) is 4.01. The van der Waals surface area contributed by atoms with Gasteiger partial charge in [-0.1, -0.05) is 12.1 Å². The number of hydrogen-bond donors (Lipinski definition) is 1. The van der Waals surface area contributed by atoms with Crippen molar-refractivity contribution >= 4 is 11.0 Å². The highest BCUT2D eigenvalue weighted by molar-refractivity contribution is 5.94. The monoisotopic (exact) mass is 358 g/mol. The second kappa shape index (κ2) is 6.87. The molecule has 0 bridgehead atoms. The minimum atomic E-state index is -0.454. The fraction of sp³-hybridized carbons (Fsp3) is 0.211. The lowest BCUT2D eigenvalue weighted by Crippen LogP contribution is -2.10. The first kappa shape index (κ1) is 17.5. The lowest BCUT2D eigenvalue weighted by molar-refractivity contribution is 0.346. The van der Waals surface area contributed by atoms with E-state index in [1.54, 1.807) is 18.2 Å². The van der Waals surface area contributed by atoms with Gasteiger partial charge >= 0.3 is 0 Å². The van der Waals surface area contributed by atoms with E-state index < -0.39 is 5.43 Å². The van der Waals surface area contributed by atoms with Gasteiger partial charge in [-0.25, -0.2) is 0 Å². The minimum Gasteiger partial charge on any atom is -0.507 e. The summed E-state index contributed by atoms with van der Waals surface area (Å²) in [6.07, 6.45) is 0. The molecule has 26 heavy (non-hydrogen) atoms. The molecule has 0 saturated carbocycles. The molecule has 0 atom stereocenters. The van der Waals surface area contributed by atoms with Gasteiger partial charge in [0.1, 0.15) is 16.9 Å². The van der Waals surface area contributed by atoms with Gasteiger partial charge in [-0.05, 0) is 12.1 Å². The van der Waals surface area contributed by atoms with Crippen molar-refractivity contribution < 1.29 is 28.5 Å². The van der Waals surface area contributed by atoms with Crippen LogP contribution in [0.4, 0.5) is 0 Å². The Morgan fingerprint density at radius 3 is 2.12 bits per heavy atom. The average Bonchev–Trinajstić information content (AvgIpc) is 2.66. The third kappa shape index (κ3) is 2.57. The summed E-state index contributed by atoms with van der Waals surface area (Å²) in [5.74, 6) is 0.810. The predicted octanol–water partition coefficient (Wildman–Crippen LogP) is 3.20. The molecule has 0 amide bonds. The highest BCUT2D eigenvalue weighted by Crippen LogP contribution is 2.44. The zero-order valence-electron chi connectivity index (χ0n) is 14.8. The smallest absolute Gasteiger partial charge is 0.239 e. The molecule has 0 saturated heterocycles. The van der Waals surface area contributed by atoms with Crippen LogP contribution in [0.25, 0.3) is 22.3 Å². The van der Waals surface area contributed by atoms with Crippen LogP contribution >= 0.6 is 0 Å². The zero-order valence-corrected chi connectivity index (χ0v) is 14.8. The van der Waals surface area contributed by atoms with Gasteiger partial charge in [-0.3, -0.25) is 4.79 Å². The van der Waals surface area contributed by atoms with Crippen molar-refractivity contribution in [1.29, 1.82) is 0 Å². The molecule has 1 aromatic heterocycles. The Bertz CT molecular complexity index is 1020. The molecule has 1 heterocycles. The molecule has 136 valence electrons. The van der Waals surface area contributed by atoms with E-state index in [-0.39, 0.29) is 39.7 Å². The summed E-state index contributed by atoms with van der Waals surface area (Å²) >= 11 is 0. The molecule has 3 aromatic rings. The summed E-state index contributed by atoms with van der Waals surface area (Å²) in [6.45, 7) is 0. The molecule has 0 radical (unpaired) electrons. The molecular weight excluding hydrogens is 340 g/mol. The van der Waals surface area contributed by atoms with E-state index >= 15 is 0 Å². The fourth-order valence-electron chi connectivity index (χ4n) is 2.81. The number of rotatable bonds is 5. The standard InChI is InChI=1S/C19H18O7/c1-22-12-9-13(23-2)17(24-3)18-14(12)15(21)19(25-4)16(26-18)10-7-5-6-8-11(10)20/h5-9,20H,1-4H3. The van der Waals surface area contributed by atoms with Gasteiger partial charge in [0, 0.05) is 6.07 Å². The second-order valence-electron chi connectivity index (χ2n) is 5.33. The molecule has 0 aliphatic rings. The van der Waals surface area contributed by atoms with Crippen LogP contribution in [0.5, 0.6) is 28.7 Å². The quantitative estimate of drug-likeness (QED) is 0.749. The van der Waals surface area contributed by atoms with Crippen LogP contribution in [-0.4, -0.2) is 33.5 Å². The summed E-state index contributed by atoms with van der Waals surface area (Å²) < 4.78 is 27.3. The molecule has 0 spiro atoms. The molecule has 7 nitrogen and oxygen atoms in total. The number of methoxy groups -OCH3 is 4. The van der Waals surface area contributed by atoms with E-state index in [0.29, 0.717) is 11.3 Å². The Morgan fingerprint density at radius 2 is 1.54 bits per heavy atom. The first-order valence-corrected chi connectivity index (χ1v) is 7.69. The van der Waals surface area contributed by atoms with Gasteiger partial charge in [0.15, 0.2) is 17.1 Å². The number of benzene rings is 2. The van der Waals surface area contributed by atoms with Gasteiger partial charge in [0.2, 0.25) is 16.9 Å². The number of phenols is 1. The maximum absolute atomic E-state index is 13.1. The summed E-state index contributed by atoms with van der Waals surface area (Å²) in [5.41, 5.74) is -0.00949. The molecule has 0 fully saturated rings. The summed E-state index contributed by atoms with van der Waals surface area (Å²) in [4.78, 5) is 13.1. The Kier molecular flexibility index (Phi) is 4.62. The van der Waals surface area contributed by atoms with Crippen LogP contribution in [0.1, 0.15) is 0 Å². The van der Waals surface area contributed by atoms with E-state index in [1.165, 1.54) is 40.6 Å². The maximum Gasteiger partial charge on any atom is 0.239 e. The number of fused-ring (bicyclic) bond motifs is 1. The number of para-hydroxylation sites is 1. The fourth-order valence-corrected chi connectivity index (χ4v) is 2.81. The van der Waals surface area contributed by atoms with Crippen molar-refractivity contribution in [1.82, 2.24) is 0 Å². The van der Waals surface area contributed by atoms with Crippen LogP contribution in [0.3, 0.4) is 0 Å². The van der Waals surface area contributed by atoms with Crippen LogP contribution in [0, 0.1) is 0 Å². The lowest BCUT2D eigenvalue weighted by Gasteiger charge is -2.15. The highest BCUT2D eigenvalue weighted by Gasteiger charge is 2.26. The molecule has 1 N–H and O–H groups in total. The van der Waals surface area contributed by atoms with Crippen molar-refractivity contribution in [2.75, 3.05) is 28.4 Å². The van der Waals surface area contributed by atoms with Crippen LogP contribution in [-0.2, 0) is 0 Å². The minimum absolute atomic E-state index is 0.0514. The van der Waals surface area contributed by atoms with E-state index in [9.17, 15) is 9.90 Å². The van der Waals surface area contributed by atoms with Crippen molar-refractivity contribution in [3.8, 4) is 40.1 Å². The maximum atomic E-state index is 13.1. The van der Waals surface area contributed by atoms with E-state index in [2.05, 4.69) is 0 Å². The Morgan fingerprint density at radius 1 is 0.885 bits per heavy atom. The topological polar surface area (TPSA) is 87.4 Å².